The first-order valence-electron chi connectivity index (χ1n) is 11.8. The highest BCUT2D eigenvalue weighted by atomic mass is 32.1. The number of thiazole rings is 1. The van der Waals surface area contributed by atoms with E-state index in [0.29, 0.717) is 18.7 Å². The Morgan fingerprint density at radius 2 is 1.91 bits per heavy atom. The summed E-state index contributed by atoms with van der Waals surface area (Å²) in [6, 6.07) is 9.28. The van der Waals surface area contributed by atoms with Gasteiger partial charge >= 0.3 is 0 Å². The Hall–Kier alpha value is -3.00. The van der Waals surface area contributed by atoms with Crippen molar-refractivity contribution >= 4 is 23.2 Å². The van der Waals surface area contributed by atoms with Gasteiger partial charge in [0, 0.05) is 12.6 Å². The van der Waals surface area contributed by atoms with Crippen LogP contribution in [0.4, 0.5) is 0 Å². The van der Waals surface area contributed by atoms with Crippen LogP contribution < -0.4 is 5.32 Å². The fourth-order valence-corrected chi connectivity index (χ4v) is 5.54. The van der Waals surface area contributed by atoms with Crippen LogP contribution in [0.2, 0.25) is 0 Å². The van der Waals surface area contributed by atoms with Gasteiger partial charge in [0.1, 0.15) is 17.7 Å². The first kappa shape index (κ1) is 24.1. The number of hydrogen-bond donors (Lipinski definition) is 1. The summed E-state index contributed by atoms with van der Waals surface area (Å²) < 4.78 is 5.33. The fourth-order valence-electron chi connectivity index (χ4n) is 4.73. The van der Waals surface area contributed by atoms with E-state index in [1.165, 1.54) is 0 Å². The number of hydrogen-bond acceptors (Lipinski definition) is 6. The second kappa shape index (κ2) is 10.1. The van der Waals surface area contributed by atoms with Gasteiger partial charge in [0.15, 0.2) is 0 Å². The van der Waals surface area contributed by atoms with Gasteiger partial charge in [-0.05, 0) is 43.2 Å². The third kappa shape index (κ3) is 4.92. The maximum Gasteiger partial charge on any atom is 0.243 e. The molecule has 0 radical (unpaired) electrons. The largest absolute Gasteiger partial charge is 0.361 e. The van der Waals surface area contributed by atoms with Crippen molar-refractivity contribution in [1.29, 1.82) is 0 Å². The number of aryl methyl sites for hydroxylation is 1. The molecule has 0 bridgehead atoms. The topological polar surface area (TPSA) is 88.3 Å². The number of carbonyl (C=O) groups excluding carboxylic acids is 2. The average molecular weight is 481 g/mol. The monoisotopic (exact) mass is 480 g/mol. The quantitative estimate of drug-likeness (QED) is 0.516. The minimum atomic E-state index is -0.492. The molecule has 2 aromatic heterocycles. The number of aromatic nitrogens is 2. The van der Waals surface area contributed by atoms with Crippen LogP contribution in [0.3, 0.4) is 0 Å². The van der Waals surface area contributed by atoms with Crippen LogP contribution in [-0.4, -0.2) is 39.4 Å². The standard InChI is InChI=1S/C26H32N4O3S/c1-15(2)23(22-10-11-28-33-22)26(32)30-13-16(3)12-21(30)25(31)29-17(4)19-6-8-20(9-7-19)24-18(5)27-14-34-24/h6-11,14-17,21,23H,12-13H2,1-5H3,(H,29,31)/t16-,17+,21+,23-/m1/s1. The highest BCUT2D eigenvalue weighted by Crippen LogP contribution is 2.33. The van der Waals surface area contributed by atoms with Crippen LogP contribution in [0.15, 0.2) is 46.6 Å². The molecule has 1 N–H and O–H groups in total. The van der Waals surface area contributed by atoms with Crippen LogP contribution in [0.5, 0.6) is 0 Å². The van der Waals surface area contributed by atoms with E-state index in [2.05, 4.69) is 34.5 Å². The van der Waals surface area contributed by atoms with Crippen molar-refractivity contribution in [3.05, 3.63) is 59.1 Å². The number of rotatable bonds is 7. The average Bonchev–Trinajstić information content (AvgIpc) is 3.55. The van der Waals surface area contributed by atoms with E-state index >= 15 is 0 Å². The van der Waals surface area contributed by atoms with E-state index < -0.39 is 12.0 Å². The van der Waals surface area contributed by atoms with Gasteiger partial charge < -0.3 is 14.7 Å². The van der Waals surface area contributed by atoms with Crippen molar-refractivity contribution in [2.75, 3.05) is 6.54 Å². The van der Waals surface area contributed by atoms with Gasteiger partial charge in [-0.25, -0.2) is 4.98 Å². The molecule has 0 spiro atoms. The van der Waals surface area contributed by atoms with E-state index in [1.54, 1.807) is 28.5 Å². The normalized spacial score (nSPS) is 19.9. The highest BCUT2D eigenvalue weighted by Gasteiger charge is 2.42. The highest BCUT2D eigenvalue weighted by molar-refractivity contribution is 7.13. The molecule has 3 aromatic rings. The van der Waals surface area contributed by atoms with Gasteiger partial charge in [0.2, 0.25) is 11.8 Å². The number of nitrogens with one attached hydrogen (secondary N) is 1. The molecule has 1 aromatic carbocycles. The van der Waals surface area contributed by atoms with E-state index in [-0.39, 0.29) is 29.7 Å². The summed E-state index contributed by atoms with van der Waals surface area (Å²) in [5.41, 5.74) is 5.01. The number of benzene rings is 1. The predicted octanol–water partition coefficient (Wildman–Crippen LogP) is 4.96. The van der Waals surface area contributed by atoms with Gasteiger partial charge in [-0.3, -0.25) is 9.59 Å². The predicted molar refractivity (Wildman–Crippen MR) is 132 cm³/mol. The summed E-state index contributed by atoms with van der Waals surface area (Å²) in [6.07, 6.45) is 2.20. The molecule has 4 rings (SSSR count). The molecule has 1 saturated heterocycles. The fraction of sp³-hybridized carbons (Fsp3) is 0.462. The Kier molecular flexibility index (Phi) is 7.16. The molecule has 1 fully saturated rings. The number of nitrogens with zero attached hydrogens (tertiary/aromatic N) is 3. The molecule has 7 nitrogen and oxygen atoms in total. The Balaban J connectivity index is 1.47. The first-order valence-corrected chi connectivity index (χ1v) is 12.7. The van der Waals surface area contributed by atoms with E-state index in [0.717, 1.165) is 21.7 Å². The van der Waals surface area contributed by atoms with Crippen molar-refractivity contribution in [2.45, 2.75) is 59.0 Å². The van der Waals surface area contributed by atoms with Crippen LogP contribution in [-0.2, 0) is 9.59 Å². The zero-order chi connectivity index (χ0) is 24.4. The molecule has 4 atom stereocenters. The summed E-state index contributed by atoms with van der Waals surface area (Å²) in [6.45, 7) is 10.6. The lowest BCUT2D eigenvalue weighted by molar-refractivity contribution is -0.141. The molecule has 3 heterocycles. The SMILES string of the molecule is Cc1ncsc1-c1ccc([C@H](C)NC(=O)[C@@H]2C[C@@H](C)CN2C(=O)[C@@H](c2ccno2)C(C)C)cc1. The van der Waals surface area contributed by atoms with E-state index in [9.17, 15) is 9.59 Å². The molecule has 0 aliphatic carbocycles. The Labute approximate surface area is 204 Å². The van der Waals surface area contributed by atoms with Crippen molar-refractivity contribution in [1.82, 2.24) is 20.4 Å². The molecule has 180 valence electrons. The third-order valence-electron chi connectivity index (χ3n) is 6.57. The maximum absolute atomic E-state index is 13.5. The second-order valence-electron chi connectivity index (χ2n) is 9.60. The molecule has 2 amide bonds. The minimum absolute atomic E-state index is 0.0275. The van der Waals surface area contributed by atoms with Crippen LogP contribution >= 0.6 is 11.3 Å². The summed E-state index contributed by atoms with van der Waals surface area (Å²) in [5.74, 6) is 0.173. The Bertz CT molecular complexity index is 1120. The second-order valence-corrected chi connectivity index (χ2v) is 10.5. The van der Waals surface area contributed by atoms with E-state index in [1.807, 2.05) is 45.3 Å². The van der Waals surface area contributed by atoms with Crippen molar-refractivity contribution in [2.24, 2.45) is 11.8 Å². The van der Waals surface area contributed by atoms with Gasteiger partial charge in [0.05, 0.1) is 28.3 Å². The van der Waals surface area contributed by atoms with Crippen LogP contribution in [0.1, 0.15) is 63.1 Å². The zero-order valence-corrected chi connectivity index (χ0v) is 21.1. The molecule has 34 heavy (non-hydrogen) atoms. The van der Waals surface area contributed by atoms with E-state index in [4.69, 9.17) is 4.52 Å². The first-order chi connectivity index (χ1) is 16.3. The number of amides is 2. The lowest BCUT2D eigenvalue weighted by Gasteiger charge is -2.29. The summed E-state index contributed by atoms with van der Waals surface area (Å²) in [7, 11) is 0. The van der Waals surface area contributed by atoms with Gasteiger partial charge in [-0.1, -0.05) is 50.2 Å². The van der Waals surface area contributed by atoms with Crippen LogP contribution in [0, 0.1) is 18.8 Å². The number of carbonyl (C=O) groups is 2. The van der Waals surface area contributed by atoms with Crippen molar-refractivity contribution in [3.8, 4) is 10.4 Å². The van der Waals surface area contributed by atoms with Crippen molar-refractivity contribution in [3.63, 3.8) is 0 Å². The molecule has 0 unspecified atom stereocenters. The maximum atomic E-state index is 13.5. The summed E-state index contributed by atoms with van der Waals surface area (Å²) in [4.78, 5) is 34.1. The number of likely N-dealkylation sites (tertiary alicyclic amines) is 1. The van der Waals surface area contributed by atoms with Gasteiger partial charge in [0.25, 0.3) is 0 Å². The summed E-state index contributed by atoms with van der Waals surface area (Å²) >= 11 is 1.62. The molecule has 0 saturated carbocycles. The Morgan fingerprint density at radius 3 is 2.50 bits per heavy atom. The molecule has 8 heteroatoms. The zero-order valence-electron chi connectivity index (χ0n) is 20.3. The molecular weight excluding hydrogens is 448 g/mol. The van der Waals surface area contributed by atoms with Gasteiger partial charge in [-0.15, -0.1) is 11.3 Å². The third-order valence-corrected chi connectivity index (χ3v) is 7.55. The minimum Gasteiger partial charge on any atom is -0.361 e. The lowest BCUT2D eigenvalue weighted by atomic mass is 9.91. The van der Waals surface area contributed by atoms with Gasteiger partial charge in [-0.2, -0.15) is 0 Å². The molecule has 1 aliphatic rings. The van der Waals surface area contributed by atoms with Crippen molar-refractivity contribution < 1.29 is 14.1 Å². The lowest BCUT2D eigenvalue weighted by Crippen LogP contribution is -2.48. The Morgan fingerprint density at radius 1 is 1.18 bits per heavy atom. The molecular formula is C26H32N4O3S. The molecule has 1 aliphatic heterocycles. The van der Waals surface area contributed by atoms with Crippen LogP contribution in [0.25, 0.3) is 10.4 Å². The summed E-state index contributed by atoms with van der Waals surface area (Å²) in [5, 5.41) is 6.91. The smallest absolute Gasteiger partial charge is 0.243 e.